The Labute approximate surface area is 133 Å². The molecule has 22 heavy (non-hydrogen) atoms. The van der Waals surface area contributed by atoms with E-state index in [0.29, 0.717) is 6.04 Å². The normalized spacial score (nSPS) is 35.9. The molecule has 120 valence electrons. The Morgan fingerprint density at radius 2 is 1.73 bits per heavy atom. The molecular formula is C18H26N2O2. The summed E-state index contributed by atoms with van der Waals surface area (Å²) in [5.41, 5.74) is 1.25. The zero-order chi connectivity index (χ0) is 15.1. The molecule has 0 spiro atoms. The number of nitrogens with zero attached hydrogens (tertiary/aromatic N) is 2. The molecule has 1 aromatic rings. The van der Waals surface area contributed by atoms with E-state index in [1.807, 2.05) is 12.1 Å². The largest absolute Gasteiger partial charge is 0.497 e. The van der Waals surface area contributed by atoms with E-state index in [-0.39, 0.29) is 6.23 Å². The van der Waals surface area contributed by atoms with E-state index in [4.69, 9.17) is 9.47 Å². The lowest BCUT2D eigenvalue weighted by molar-refractivity contribution is -0.0145. The predicted octanol–water partition coefficient (Wildman–Crippen LogP) is 2.65. The summed E-state index contributed by atoms with van der Waals surface area (Å²) in [6.07, 6.45) is 5.46. The Bertz CT molecular complexity index is 504. The van der Waals surface area contributed by atoms with Crippen molar-refractivity contribution in [3.63, 3.8) is 0 Å². The van der Waals surface area contributed by atoms with E-state index in [9.17, 15) is 0 Å². The summed E-state index contributed by atoms with van der Waals surface area (Å²) in [7, 11) is 4.02. The van der Waals surface area contributed by atoms with Gasteiger partial charge in [0.1, 0.15) is 12.0 Å². The molecule has 0 amide bonds. The molecular weight excluding hydrogens is 276 g/mol. The van der Waals surface area contributed by atoms with Crippen molar-refractivity contribution >= 4 is 0 Å². The molecule has 3 aliphatic heterocycles. The van der Waals surface area contributed by atoms with Crippen LogP contribution in [0.3, 0.4) is 0 Å². The number of hydrogen-bond acceptors (Lipinski definition) is 4. The summed E-state index contributed by atoms with van der Waals surface area (Å²) < 4.78 is 11.3. The van der Waals surface area contributed by atoms with Crippen LogP contribution in [0.15, 0.2) is 24.3 Å². The molecule has 4 heteroatoms. The summed E-state index contributed by atoms with van der Waals surface area (Å²) in [6.45, 7) is 1.91. The maximum Gasteiger partial charge on any atom is 0.137 e. The molecule has 3 atom stereocenters. The van der Waals surface area contributed by atoms with Crippen LogP contribution in [0.1, 0.15) is 37.5 Å². The molecule has 4 rings (SSSR count). The van der Waals surface area contributed by atoms with E-state index < -0.39 is 0 Å². The van der Waals surface area contributed by atoms with Gasteiger partial charge in [-0.1, -0.05) is 12.1 Å². The first-order chi connectivity index (χ1) is 10.8. The second-order valence-electron chi connectivity index (χ2n) is 6.91. The predicted molar refractivity (Wildman–Crippen MR) is 86.0 cm³/mol. The van der Waals surface area contributed by atoms with Crippen LogP contribution in [-0.2, 0) is 4.74 Å². The lowest BCUT2D eigenvalue weighted by Crippen LogP contribution is -2.48. The highest BCUT2D eigenvalue weighted by Crippen LogP contribution is 2.40. The van der Waals surface area contributed by atoms with Gasteiger partial charge in [0.15, 0.2) is 0 Å². The average Bonchev–Trinajstić information content (AvgIpc) is 3.09. The van der Waals surface area contributed by atoms with Crippen LogP contribution in [0.2, 0.25) is 0 Å². The zero-order valence-electron chi connectivity index (χ0n) is 13.6. The molecule has 3 heterocycles. The molecule has 0 aromatic heterocycles. The number of hydrogen-bond donors (Lipinski definition) is 0. The first kappa shape index (κ1) is 14.5. The van der Waals surface area contributed by atoms with Crippen molar-refractivity contribution in [1.82, 2.24) is 9.80 Å². The van der Waals surface area contributed by atoms with Gasteiger partial charge in [0.25, 0.3) is 0 Å². The van der Waals surface area contributed by atoms with E-state index in [1.165, 1.54) is 31.2 Å². The highest BCUT2D eigenvalue weighted by atomic mass is 16.5. The molecule has 4 nitrogen and oxygen atoms in total. The van der Waals surface area contributed by atoms with E-state index in [2.05, 4.69) is 29.0 Å². The molecule has 0 N–H and O–H groups in total. The van der Waals surface area contributed by atoms with Gasteiger partial charge in [0.2, 0.25) is 0 Å². The summed E-state index contributed by atoms with van der Waals surface area (Å²) in [6, 6.07) is 10.6. The number of benzene rings is 1. The molecule has 0 aliphatic carbocycles. The molecule has 3 fully saturated rings. The molecule has 0 unspecified atom stereocenters. The quantitative estimate of drug-likeness (QED) is 0.857. The third-order valence-electron chi connectivity index (χ3n) is 5.87. The zero-order valence-corrected chi connectivity index (χ0v) is 13.6. The number of piperidine rings is 1. The van der Waals surface area contributed by atoms with E-state index in [0.717, 1.165) is 31.0 Å². The second kappa shape index (κ2) is 5.84. The van der Waals surface area contributed by atoms with Crippen LogP contribution in [0.4, 0.5) is 0 Å². The first-order valence-electron chi connectivity index (χ1n) is 8.49. The Hall–Kier alpha value is -1.10. The van der Waals surface area contributed by atoms with Crippen LogP contribution in [-0.4, -0.2) is 55.2 Å². The fraction of sp³-hybridized carbons (Fsp3) is 0.667. The Kier molecular flexibility index (Phi) is 3.84. The smallest absolute Gasteiger partial charge is 0.137 e. The lowest BCUT2D eigenvalue weighted by Gasteiger charge is -2.41. The van der Waals surface area contributed by atoms with E-state index in [1.54, 1.807) is 7.11 Å². The van der Waals surface area contributed by atoms with Crippen molar-refractivity contribution in [3.05, 3.63) is 29.8 Å². The van der Waals surface area contributed by atoms with Crippen molar-refractivity contribution in [2.75, 3.05) is 27.3 Å². The molecule has 1 aromatic carbocycles. The summed E-state index contributed by atoms with van der Waals surface area (Å²) in [5.74, 6) is 0.908. The standard InChI is InChI=1S/C18H26N2O2/c1-19-14-5-6-15(19)12-16(11-14)20-9-10-22-18(20)13-3-7-17(21-2)8-4-13/h3-4,7-8,14-16,18H,5-6,9-12H2,1-2H3/t14-,15-,18+/m1/s1. The minimum Gasteiger partial charge on any atom is -0.497 e. The van der Waals surface area contributed by atoms with Crippen molar-refractivity contribution < 1.29 is 9.47 Å². The van der Waals surface area contributed by atoms with Gasteiger partial charge in [-0.15, -0.1) is 0 Å². The van der Waals surface area contributed by atoms with Gasteiger partial charge in [-0.05, 0) is 50.4 Å². The molecule has 0 saturated carbocycles. The fourth-order valence-corrected chi connectivity index (χ4v) is 4.57. The summed E-state index contributed by atoms with van der Waals surface area (Å²) in [4.78, 5) is 5.20. The highest BCUT2D eigenvalue weighted by molar-refractivity contribution is 5.28. The summed E-state index contributed by atoms with van der Waals surface area (Å²) in [5, 5.41) is 0. The molecule has 3 aliphatic rings. The second-order valence-corrected chi connectivity index (χ2v) is 6.91. The van der Waals surface area contributed by atoms with Crippen molar-refractivity contribution in [3.8, 4) is 5.75 Å². The Morgan fingerprint density at radius 1 is 1.05 bits per heavy atom. The monoisotopic (exact) mass is 302 g/mol. The van der Waals surface area contributed by atoms with Gasteiger partial charge in [-0.3, -0.25) is 4.90 Å². The van der Waals surface area contributed by atoms with Crippen LogP contribution < -0.4 is 4.74 Å². The minimum atomic E-state index is 0.124. The maximum atomic E-state index is 6.07. The van der Waals surface area contributed by atoms with Gasteiger partial charge in [0.05, 0.1) is 13.7 Å². The fourth-order valence-electron chi connectivity index (χ4n) is 4.57. The molecule has 3 saturated heterocycles. The molecule has 0 radical (unpaired) electrons. The Balaban J connectivity index is 1.51. The minimum absolute atomic E-state index is 0.124. The Morgan fingerprint density at radius 3 is 2.36 bits per heavy atom. The van der Waals surface area contributed by atoms with Crippen LogP contribution in [0.25, 0.3) is 0 Å². The SMILES string of the molecule is COc1ccc([C@@H]2OCCN2C2C[C@H]3CC[C@H](C2)N3C)cc1. The van der Waals surface area contributed by atoms with E-state index >= 15 is 0 Å². The number of rotatable bonds is 3. The van der Waals surface area contributed by atoms with Gasteiger partial charge >= 0.3 is 0 Å². The average molecular weight is 302 g/mol. The maximum absolute atomic E-state index is 6.07. The third kappa shape index (κ3) is 2.43. The van der Waals surface area contributed by atoms with Crippen molar-refractivity contribution in [1.29, 1.82) is 0 Å². The third-order valence-corrected chi connectivity index (χ3v) is 5.87. The number of methoxy groups -OCH3 is 1. The summed E-state index contributed by atoms with van der Waals surface area (Å²) >= 11 is 0. The number of fused-ring (bicyclic) bond motifs is 2. The van der Waals surface area contributed by atoms with Gasteiger partial charge in [0, 0.05) is 24.7 Å². The van der Waals surface area contributed by atoms with Gasteiger partial charge in [-0.25, -0.2) is 0 Å². The van der Waals surface area contributed by atoms with Crippen molar-refractivity contribution in [2.45, 2.75) is 50.0 Å². The van der Waals surface area contributed by atoms with Crippen LogP contribution in [0, 0.1) is 0 Å². The van der Waals surface area contributed by atoms with Gasteiger partial charge in [-0.2, -0.15) is 0 Å². The van der Waals surface area contributed by atoms with Crippen molar-refractivity contribution in [2.24, 2.45) is 0 Å². The lowest BCUT2D eigenvalue weighted by atomic mass is 9.96. The number of ether oxygens (including phenoxy) is 2. The highest BCUT2D eigenvalue weighted by Gasteiger charge is 2.43. The van der Waals surface area contributed by atoms with Gasteiger partial charge < -0.3 is 14.4 Å². The molecule has 2 bridgehead atoms. The topological polar surface area (TPSA) is 24.9 Å². The first-order valence-corrected chi connectivity index (χ1v) is 8.49. The van der Waals surface area contributed by atoms with Crippen LogP contribution in [0.5, 0.6) is 5.75 Å². The van der Waals surface area contributed by atoms with Crippen LogP contribution >= 0.6 is 0 Å².